The third-order valence-corrected chi connectivity index (χ3v) is 7.29. The van der Waals surface area contributed by atoms with Crippen molar-refractivity contribution in [2.45, 2.75) is 56.3 Å². The van der Waals surface area contributed by atoms with Gasteiger partial charge in [-0.15, -0.1) is 0 Å². The van der Waals surface area contributed by atoms with Gasteiger partial charge in [-0.2, -0.15) is 0 Å². The van der Waals surface area contributed by atoms with Crippen molar-refractivity contribution in [2.75, 3.05) is 20.0 Å². The van der Waals surface area contributed by atoms with Crippen molar-refractivity contribution in [3.63, 3.8) is 0 Å². The third kappa shape index (κ3) is 5.20. The lowest BCUT2D eigenvalue weighted by atomic mass is 9.94. The normalized spacial score (nSPS) is 17.8. The molecule has 0 saturated heterocycles. The highest BCUT2D eigenvalue weighted by molar-refractivity contribution is 7.92. The van der Waals surface area contributed by atoms with Gasteiger partial charge in [0.1, 0.15) is 0 Å². The molecule has 0 N–H and O–H groups in total. The number of carbonyl (C=O) groups is 1. The quantitative estimate of drug-likeness (QED) is 0.566. The molecule has 0 spiro atoms. The van der Waals surface area contributed by atoms with Gasteiger partial charge in [-0.3, -0.25) is 4.79 Å². The Labute approximate surface area is 162 Å². The van der Waals surface area contributed by atoms with Crippen LogP contribution in [-0.2, 0) is 24.1 Å². The molecule has 5 nitrogen and oxygen atoms in total. The summed E-state index contributed by atoms with van der Waals surface area (Å²) in [5.74, 6) is -0.0481. The first-order chi connectivity index (χ1) is 12.6. The molecular formula is C21H30O5S. The minimum Gasteiger partial charge on any atom is -0.465 e. The maximum absolute atomic E-state index is 12.3. The molecule has 1 aliphatic rings. The van der Waals surface area contributed by atoms with Crippen molar-refractivity contribution in [2.24, 2.45) is 0 Å². The van der Waals surface area contributed by atoms with E-state index in [1.807, 2.05) is 12.1 Å². The van der Waals surface area contributed by atoms with Crippen molar-refractivity contribution in [1.82, 2.24) is 0 Å². The molecule has 150 valence electrons. The number of rotatable bonds is 10. The van der Waals surface area contributed by atoms with Gasteiger partial charge < -0.3 is 9.47 Å². The first-order valence-electron chi connectivity index (χ1n) is 9.30. The summed E-state index contributed by atoms with van der Waals surface area (Å²) in [6, 6.07) is 8.34. The van der Waals surface area contributed by atoms with Gasteiger partial charge in [0.25, 0.3) is 0 Å². The molecule has 0 heterocycles. The average molecular weight is 395 g/mol. The van der Waals surface area contributed by atoms with E-state index in [1.54, 1.807) is 6.92 Å². The Bertz CT molecular complexity index is 777. The Hall–Kier alpha value is -1.66. The average Bonchev–Trinajstić information content (AvgIpc) is 3.45. The Morgan fingerprint density at radius 2 is 1.89 bits per heavy atom. The number of methoxy groups -OCH3 is 1. The first kappa shape index (κ1) is 21.6. The Morgan fingerprint density at radius 3 is 2.33 bits per heavy atom. The van der Waals surface area contributed by atoms with Crippen LogP contribution >= 0.6 is 0 Å². The SMILES string of the molecule is C=C(CC(CC(C)(C(=O)OCC)S(C)(=O)=O)OC)c1ccc(C2CC2)cc1. The van der Waals surface area contributed by atoms with Gasteiger partial charge in [0, 0.05) is 19.8 Å². The lowest BCUT2D eigenvalue weighted by Crippen LogP contribution is -2.47. The van der Waals surface area contributed by atoms with Gasteiger partial charge in [-0.25, -0.2) is 8.42 Å². The molecule has 27 heavy (non-hydrogen) atoms. The van der Waals surface area contributed by atoms with Crippen molar-refractivity contribution in [1.29, 1.82) is 0 Å². The lowest BCUT2D eigenvalue weighted by Gasteiger charge is -2.29. The summed E-state index contributed by atoms with van der Waals surface area (Å²) in [4.78, 5) is 12.3. The fourth-order valence-corrected chi connectivity index (χ4v) is 3.99. The Morgan fingerprint density at radius 1 is 1.30 bits per heavy atom. The van der Waals surface area contributed by atoms with Crippen LogP contribution in [0.5, 0.6) is 0 Å². The summed E-state index contributed by atoms with van der Waals surface area (Å²) >= 11 is 0. The minimum absolute atomic E-state index is 0.0142. The number of hydrogen-bond donors (Lipinski definition) is 0. The summed E-state index contributed by atoms with van der Waals surface area (Å²) in [5.41, 5.74) is 3.20. The number of carbonyl (C=O) groups excluding carboxylic acids is 1. The molecule has 1 fully saturated rings. The summed E-state index contributed by atoms with van der Waals surface area (Å²) in [7, 11) is -2.17. The first-order valence-corrected chi connectivity index (χ1v) is 11.2. The monoisotopic (exact) mass is 394 g/mol. The zero-order valence-electron chi connectivity index (χ0n) is 16.7. The highest BCUT2D eigenvalue weighted by atomic mass is 32.2. The number of ether oxygens (including phenoxy) is 2. The van der Waals surface area contributed by atoms with Gasteiger partial charge in [-0.1, -0.05) is 30.8 Å². The topological polar surface area (TPSA) is 69.7 Å². The molecule has 1 aromatic carbocycles. The van der Waals surface area contributed by atoms with Crippen LogP contribution in [0.15, 0.2) is 30.8 Å². The van der Waals surface area contributed by atoms with Crippen molar-refractivity contribution < 1.29 is 22.7 Å². The van der Waals surface area contributed by atoms with Crippen LogP contribution in [0.1, 0.15) is 56.6 Å². The molecule has 1 aliphatic carbocycles. The predicted molar refractivity (Wildman–Crippen MR) is 107 cm³/mol. The van der Waals surface area contributed by atoms with Crippen molar-refractivity contribution in [3.05, 3.63) is 42.0 Å². The maximum Gasteiger partial charge on any atom is 0.327 e. The van der Waals surface area contributed by atoms with E-state index in [0.717, 1.165) is 17.4 Å². The molecule has 0 amide bonds. The molecule has 1 saturated carbocycles. The molecule has 0 aromatic heterocycles. The van der Waals surface area contributed by atoms with Crippen LogP contribution in [0.3, 0.4) is 0 Å². The van der Waals surface area contributed by atoms with Gasteiger partial charge in [-0.05, 0) is 55.7 Å². The molecule has 0 bridgehead atoms. The number of sulfone groups is 1. The fraction of sp³-hybridized carbons (Fsp3) is 0.571. The van der Waals surface area contributed by atoms with Crippen LogP contribution in [0.4, 0.5) is 0 Å². The second-order valence-corrected chi connectivity index (χ2v) is 9.93. The molecular weight excluding hydrogens is 364 g/mol. The standard InChI is InChI=1S/C21H30O5S/c1-6-26-20(22)21(3,27(5,23)24)14-19(25-4)13-15(2)16-7-9-17(10-8-16)18-11-12-18/h7-10,18-19H,2,6,11-14H2,1,3-5H3. The molecule has 2 rings (SSSR count). The van der Waals surface area contributed by atoms with E-state index in [4.69, 9.17) is 9.47 Å². The fourth-order valence-electron chi connectivity index (χ4n) is 3.14. The van der Waals surface area contributed by atoms with Crippen LogP contribution in [0.25, 0.3) is 5.57 Å². The summed E-state index contributed by atoms with van der Waals surface area (Å²) in [6.07, 6.45) is 3.55. The zero-order chi connectivity index (χ0) is 20.2. The third-order valence-electron chi connectivity index (χ3n) is 5.32. The van der Waals surface area contributed by atoms with E-state index in [2.05, 4.69) is 18.7 Å². The summed E-state index contributed by atoms with van der Waals surface area (Å²) < 4.78 is 33.5. The molecule has 0 aliphatic heterocycles. The molecule has 2 unspecified atom stereocenters. The maximum atomic E-state index is 12.3. The number of benzene rings is 1. The number of esters is 1. The summed E-state index contributed by atoms with van der Waals surface area (Å²) in [5, 5.41) is 0. The van der Waals surface area contributed by atoms with Gasteiger partial charge >= 0.3 is 5.97 Å². The molecule has 1 aromatic rings. The van der Waals surface area contributed by atoms with Crippen LogP contribution in [0, 0.1) is 0 Å². The highest BCUT2D eigenvalue weighted by Crippen LogP contribution is 2.40. The molecule has 6 heteroatoms. The largest absolute Gasteiger partial charge is 0.465 e. The van der Waals surface area contributed by atoms with Crippen LogP contribution in [-0.4, -0.2) is 45.2 Å². The smallest absolute Gasteiger partial charge is 0.327 e. The Kier molecular flexibility index (Phi) is 6.87. The van der Waals surface area contributed by atoms with Gasteiger partial charge in [0.2, 0.25) is 0 Å². The summed E-state index contributed by atoms with van der Waals surface area (Å²) in [6.45, 7) is 7.31. The predicted octanol–water partition coefficient (Wildman–Crippen LogP) is 3.74. The van der Waals surface area contributed by atoms with Crippen molar-refractivity contribution >= 4 is 21.4 Å². The van der Waals surface area contributed by atoms with E-state index >= 15 is 0 Å². The van der Waals surface area contributed by atoms with E-state index in [9.17, 15) is 13.2 Å². The molecule has 2 atom stereocenters. The van der Waals surface area contributed by atoms with Gasteiger partial charge in [0.15, 0.2) is 14.6 Å². The van der Waals surface area contributed by atoms with E-state index < -0.39 is 26.7 Å². The van der Waals surface area contributed by atoms with E-state index in [-0.39, 0.29) is 13.0 Å². The Balaban J connectivity index is 2.11. The van der Waals surface area contributed by atoms with Crippen molar-refractivity contribution in [3.8, 4) is 0 Å². The van der Waals surface area contributed by atoms with E-state index in [0.29, 0.717) is 12.3 Å². The lowest BCUT2D eigenvalue weighted by molar-refractivity contribution is -0.146. The van der Waals surface area contributed by atoms with Crippen LogP contribution in [0.2, 0.25) is 0 Å². The minimum atomic E-state index is -3.68. The van der Waals surface area contributed by atoms with Crippen LogP contribution < -0.4 is 0 Å². The highest BCUT2D eigenvalue weighted by Gasteiger charge is 2.46. The van der Waals surface area contributed by atoms with Gasteiger partial charge in [0.05, 0.1) is 12.7 Å². The number of hydrogen-bond acceptors (Lipinski definition) is 5. The second kappa shape index (κ2) is 8.57. The molecule has 0 radical (unpaired) electrons. The zero-order valence-corrected chi connectivity index (χ0v) is 17.5. The van der Waals surface area contributed by atoms with E-state index in [1.165, 1.54) is 32.4 Å². The second-order valence-electron chi connectivity index (χ2n) is 7.49.